The zero-order chi connectivity index (χ0) is 18.2. The summed E-state index contributed by atoms with van der Waals surface area (Å²) in [5, 5.41) is 2.64. The van der Waals surface area contributed by atoms with E-state index in [1.807, 2.05) is 0 Å². The molecule has 0 aliphatic carbocycles. The van der Waals surface area contributed by atoms with Gasteiger partial charge in [-0.25, -0.2) is 0 Å². The van der Waals surface area contributed by atoms with Crippen LogP contribution in [0.4, 0.5) is 0 Å². The maximum absolute atomic E-state index is 2.45. The monoisotopic (exact) mass is 459 g/mol. The van der Waals surface area contributed by atoms with Gasteiger partial charge in [0.05, 0.1) is 11.0 Å². The first-order valence-corrected chi connectivity index (χ1v) is 10.2. The summed E-state index contributed by atoms with van der Waals surface area (Å²) in [5.74, 6) is 0. The van der Waals surface area contributed by atoms with Crippen LogP contribution in [0, 0.1) is 3.57 Å². The number of nitrogens with zero attached hydrogens (tertiary/aromatic N) is 1. The van der Waals surface area contributed by atoms with Gasteiger partial charge in [-0.05, 0) is 70.5 Å². The zero-order valence-electron chi connectivity index (χ0n) is 14.8. The molecule has 0 radical (unpaired) electrons. The van der Waals surface area contributed by atoms with E-state index in [1.54, 1.807) is 0 Å². The number of halogens is 1. The average molecular weight is 459 g/mol. The second-order valence-corrected chi connectivity index (χ2v) is 7.98. The molecule has 0 amide bonds. The molecule has 27 heavy (non-hydrogen) atoms. The summed E-state index contributed by atoms with van der Waals surface area (Å²) in [6.45, 7) is 0. The second-order valence-electron chi connectivity index (χ2n) is 6.82. The fraction of sp³-hybridized carbons (Fsp3) is 0.0400. The third kappa shape index (κ3) is 2.94. The molecule has 1 nitrogen and oxygen atoms in total. The Bertz CT molecular complexity index is 1240. The Hall–Kier alpha value is -2.59. The van der Waals surface area contributed by atoms with E-state index in [9.17, 15) is 0 Å². The van der Waals surface area contributed by atoms with Crippen molar-refractivity contribution in [3.8, 4) is 5.69 Å². The highest BCUT2D eigenvalue weighted by Gasteiger charge is 2.14. The van der Waals surface area contributed by atoms with Crippen molar-refractivity contribution >= 4 is 44.4 Å². The molecule has 0 atom stereocenters. The first-order valence-electron chi connectivity index (χ1n) is 9.12. The minimum Gasteiger partial charge on any atom is -0.308 e. The Morgan fingerprint density at radius 2 is 1.37 bits per heavy atom. The summed E-state index contributed by atoms with van der Waals surface area (Å²) in [7, 11) is 0. The third-order valence-corrected chi connectivity index (χ3v) is 5.94. The molecule has 1 heterocycles. The summed E-state index contributed by atoms with van der Waals surface area (Å²) in [6, 6.07) is 34.8. The minimum atomic E-state index is 0.957. The Kier molecular flexibility index (Phi) is 4.21. The molecule has 2 heteroatoms. The summed E-state index contributed by atoms with van der Waals surface area (Å²) in [4.78, 5) is 0. The highest BCUT2D eigenvalue weighted by molar-refractivity contribution is 14.1. The van der Waals surface area contributed by atoms with Crippen molar-refractivity contribution in [2.45, 2.75) is 6.42 Å². The molecule has 0 N–H and O–H groups in total. The van der Waals surface area contributed by atoms with Gasteiger partial charge in [-0.2, -0.15) is 0 Å². The maximum atomic E-state index is 2.45. The van der Waals surface area contributed by atoms with Gasteiger partial charge in [0.2, 0.25) is 0 Å². The van der Waals surface area contributed by atoms with Crippen molar-refractivity contribution < 1.29 is 0 Å². The molecule has 0 saturated heterocycles. The van der Waals surface area contributed by atoms with Crippen LogP contribution in [0.15, 0.2) is 97.1 Å². The molecular formula is C25H18IN. The van der Waals surface area contributed by atoms with Crippen LogP contribution < -0.4 is 0 Å². The molecule has 0 unspecified atom stereocenters. The van der Waals surface area contributed by atoms with E-state index in [4.69, 9.17) is 0 Å². The topological polar surface area (TPSA) is 4.93 Å². The van der Waals surface area contributed by atoms with Gasteiger partial charge in [0.15, 0.2) is 0 Å². The average Bonchev–Trinajstić information content (AvgIpc) is 3.05. The van der Waals surface area contributed by atoms with Crippen LogP contribution in [-0.4, -0.2) is 4.57 Å². The molecule has 0 saturated carbocycles. The van der Waals surface area contributed by atoms with Gasteiger partial charge in [-0.15, -0.1) is 0 Å². The Morgan fingerprint density at radius 3 is 2.15 bits per heavy atom. The van der Waals surface area contributed by atoms with E-state index < -0.39 is 0 Å². The fourth-order valence-electron chi connectivity index (χ4n) is 3.86. The lowest BCUT2D eigenvalue weighted by molar-refractivity contribution is 1.17. The predicted octanol–water partition coefficient (Wildman–Crippen LogP) is 6.98. The molecule has 0 fully saturated rings. The lowest BCUT2D eigenvalue weighted by Crippen LogP contribution is -1.95. The maximum Gasteiger partial charge on any atom is 0.0674 e. The molecule has 0 aliphatic heterocycles. The normalized spacial score (nSPS) is 11.3. The van der Waals surface area contributed by atoms with Gasteiger partial charge in [0.25, 0.3) is 0 Å². The van der Waals surface area contributed by atoms with Crippen LogP contribution >= 0.6 is 22.6 Å². The Balaban J connectivity index is 1.77. The first-order chi connectivity index (χ1) is 13.3. The third-order valence-electron chi connectivity index (χ3n) is 5.07. The van der Waals surface area contributed by atoms with E-state index in [-0.39, 0.29) is 0 Å². The Morgan fingerprint density at radius 1 is 0.630 bits per heavy atom. The molecule has 4 aromatic carbocycles. The molecule has 1 aromatic heterocycles. The first kappa shape index (κ1) is 16.6. The number of hydrogen-bond acceptors (Lipinski definition) is 0. The lowest BCUT2D eigenvalue weighted by atomic mass is 10.0. The SMILES string of the molecule is Ic1cccc2c3cc(Cc4ccccc4)ccc3n(-c3ccccc3)c12. The number of rotatable bonds is 3. The standard InChI is InChI=1S/C25H18IN/c26-23-13-7-12-21-22-17-19(16-18-8-3-1-4-9-18)14-15-24(22)27(25(21)23)20-10-5-2-6-11-20/h1-15,17H,16H2. The predicted molar refractivity (Wildman–Crippen MR) is 123 cm³/mol. The van der Waals surface area contributed by atoms with Crippen molar-refractivity contribution in [1.29, 1.82) is 0 Å². The van der Waals surface area contributed by atoms with E-state index >= 15 is 0 Å². The van der Waals surface area contributed by atoms with E-state index in [0.29, 0.717) is 0 Å². The number of benzene rings is 4. The van der Waals surface area contributed by atoms with Gasteiger partial charge in [-0.3, -0.25) is 0 Å². The van der Waals surface area contributed by atoms with Gasteiger partial charge in [-0.1, -0.05) is 66.7 Å². The fourth-order valence-corrected chi connectivity index (χ4v) is 4.60. The molecule has 5 rings (SSSR count). The molecule has 130 valence electrons. The molecule has 0 spiro atoms. The van der Waals surface area contributed by atoms with Gasteiger partial charge >= 0.3 is 0 Å². The molecule has 0 bridgehead atoms. The summed E-state index contributed by atoms with van der Waals surface area (Å²) >= 11 is 2.45. The number of para-hydroxylation sites is 2. The van der Waals surface area contributed by atoms with Crippen molar-refractivity contribution in [1.82, 2.24) is 4.57 Å². The van der Waals surface area contributed by atoms with Crippen molar-refractivity contribution in [3.63, 3.8) is 0 Å². The van der Waals surface area contributed by atoms with Crippen LogP contribution in [0.5, 0.6) is 0 Å². The van der Waals surface area contributed by atoms with Crippen LogP contribution in [0.25, 0.3) is 27.5 Å². The van der Waals surface area contributed by atoms with Crippen molar-refractivity contribution in [2.24, 2.45) is 0 Å². The van der Waals surface area contributed by atoms with Crippen molar-refractivity contribution in [2.75, 3.05) is 0 Å². The van der Waals surface area contributed by atoms with E-state index in [1.165, 1.54) is 42.2 Å². The quantitative estimate of drug-likeness (QED) is 0.257. The van der Waals surface area contributed by atoms with Crippen LogP contribution in [0.2, 0.25) is 0 Å². The van der Waals surface area contributed by atoms with E-state index in [0.717, 1.165) is 6.42 Å². The highest BCUT2D eigenvalue weighted by atomic mass is 127. The summed E-state index contributed by atoms with van der Waals surface area (Å²) in [5.41, 5.74) is 6.45. The zero-order valence-corrected chi connectivity index (χ0v) is 16.9. The number of fused-ring (bicyclic) bond motifs is 3. The van der Waals surface area contributed by atoms with Gasteiger partial charge in [0.1, 0.15) is 0 Å². The smallest absolute Gasteiger partial charge is 0.0674 e. The van der Waals surface area contributed by atoms with Crippen LogP contribution in [0.1, 0.15) is 11.1 Å². The van der Waals surface area contributed by atoms with Gasteiger partial charge in [0, 0.05) is 20.0 Å². The molecule has 5 aromatic rings. The lowest BCUT2D eigenvalue weighted by Gasteiger charge is -2.09. The van der Waals surface area contributed by atoms with Crippen LogP contribution in [0.3, 0.4) is 0 Å². The summed E-state index contributed by atoms with van der Waals surface area (Å²) < 4.78 is 3.66. The summed E-state index contributed by atoms with van der Waals surface area (Å²) in [6.07, 6.45) is 0.957. The van der Waals surface area contributed by atoms with E-state index in [2.05, 4.69) is 124 Å². The number of aromatic nitrogens is 1. The highest BCUT2D eigenvalue weighted by Crippen LogP contribution is 2.35. The van der Waals surface area contributed by atoms with Gasteiger partial charge < -0.3 is 4.57 Å². The number of hydrogen-bond donors (Lipinski definition) is 0. The molecule has 0 aliphatic rings. The molecular weight excluding hydrogens is 441 g/mol. The van der Waals surface area contributed by atoms with Crippen LogP contribution in [-0.2, 0) is 6.42 Å². The largest absolute Gasteiger partial charge is 0.308 e. The minimum absolute atomic E-state index is 0.957. The Labute approximate surface area is 172 Å². The second kappa shape index (κ2) is 6.86. The van der Waals surface area contributed by atoms with Crippen molar-refractivity contribution in [3.05, 3.63) is 112 Å².